The van der Waals surface area contributed by atoms with Crippen LogP contribution in [-0.4, -0.2) is 30.6 Å². The van der Waals surface area contributed by atoms with Crippen LogP contribution in [-0.2, 0) is 13.0 Å². The van der Waals surface area contributed by atoms with Crippen molar-refractivity contribution in [3.05, 3.63) is 52.5 Å². The average molecular weight is 383 g/mol. The number of amides is 1. The number of nitrogens with zero attached hydrogens (tertiary/aromatic N) is 1. The molecule has 3 aromatic rings. The van der Waals surface area contributed by atoms with Crippen LogP contribution in [0.15, 0.2) is 36.4 Å². The second-order valence-electron chi connectivity index (χ2n) is 7.23. The zero-order valence-electron chi connectivity index (χ0n) is 15.8. The number of hydrogen-bond donors (Lipinski definition) is 2. The number of carbonyl (C=O) groups excluding carboxylic acids is 1. The molecular weight excluding hydrogens is 358 g/mol. The van der Waals surface area contributed by atoms with Crippen LogP contribution in [0.3, 0.4) is 0 Å². The van der Waals surface area contributed by atoms with Gasteiger partial charge in [-0.1, -0.05) is 35.6 Å². The highest BCUT2D eigenvalue weighted by Crippen LogP contribution is 2.29. The molecule has 0 saturated carbocycles. The fraction of sp³-hybridized carbons (Fsp3) is 0.333. The van der Waals surface area contributed by atoms with E-state index >= 15 is 0 Å². The second-order valence-corrected chi connectivity index (χ2v) is 8.32. The number of carbonyl (C=O) groups is 1. The van der Waals surface area contributed by atoms with Gasteiger partial charge in [-0.2, -0.15) is 0 Å². The maximum absolute atomic E-state index is 12.9. The summed E-state index contributed by atoms with van der Waals surface area (Å²) in [4.78, 5) is 20.4. The summed E-state index contributed by atoms with van der Waals surface area (Å²) in [5.41, 5.74) is 1.66. The lowest BCUT2D eigenvalue weighted by atomic mass is 10.1. The Labute approximate surface area is 163 Å². The van der Waals surface area contributed by atoms with E-state index in [0.29, 0.717) is 22.5 Å². The highest BCUT2D eigenvalue weighted by atomic mass is 32.1. The molecule has 1 aromatic heterocycles. The van der Waals surface area contributed by atoms with Gasteiger partial charge in [0.05, 0.1) is 35.8 Å². The maximum Gasteiger partial charge on any atom is 0.261 e. The molecule has 0 bridgehead atoms. The second kappa shape index (κ2) is 7.29. The molecule has 2 aromatic carbocycles. The summed E-state index contributed by atoms with van der Waals surface area (Å²) in [6.45, 7) is 6.58. The molecule has 0 spiro atoms. The van der Waals surface area contributed by atoms with E-state index in [9.17, 15) is 4.79 Å². The van der Waals surface area contributed by atoms with Crippen molar-refractivity contribution < 1.29 is 14.4 Å². The van der Waals surface area contributed by atoms with Crippen molar-refractivity contribution in [2.75, 3.05) is 19.0 Å². The first-order valence-corrected chi connectivity index (χ1v) is 10.1. The minimum absolute atomic E-state index is 0.184. The zero-order chi connectivity index (χ0) is 19.0. The quantitative estimate of drug-likeness (QED) is 0.730. The highest BCUT2D eigenvalue weighted by molar-refractivity contribution is 7.15. The average Bonchev–Trinajstić information content (AvgIpc) is 3.08. The number of thiazole rings is 1. The van der Waals surface area contributed by atoms with Gasteiger partial charge in [0.15, 0.2) is 5.13 Å². The largest absolute Gasteiger partial charge is 0.496 e. The van der Waals surface area contributed by atoms with Crippen LogP contribution in [0.2, 0.25) is 0 Å². The molecule has 6 heteroatoms. The molecule has 1 aliphatic rings. The van der Waals surface area contributed by atoms with Crippen LogP contribution < -0.4 is 15.0 Å². The summed E-state index contributed by atoms with van der Waals surface area (Å²) in [7, 11) is 1.59. The molecule has 2 heterocycles. The molecule has 4 rings (SSSR count). The van der Waals surface area contributed by atoms with Crippen molar-refractivity contribution in [3.63, 3.8) is 0 Å². The first-order valence-electron chi connectivity index (χ1n) is 9.26. The topological polar surface area (TPSA) is 55.7 Å². The highest BCUT2D eigenvalue weighted by Gasteiger charge is 2.26. The molecule has 1 aliphatic heterocycles. The molecule has 0 fully saturated rings. The zero-order valence-corrected chi connectivity index (χ0v) is 16.7. The van der Waals surface area contributed by atoms with E-state index in [4.69, 9.17) is 4.74 Å². The maximum atomic E-state index is 12.9. The van der Waals surface area contributed by atoms with Gasteiger partial charge < -0.3 is 9.64 Å². The van der Waals surface area contributed by atoms with Crippen LogP contribution in [0.4, 0.5) is 5.13 Å². The number of fused-ring (bicyclic) bond motifs is 2. The standard InChI is InChI=1S/C21H23N3O2S/c1-13(2)24-9-8-17-19(12-24)27-21(22-17)23-20(25)16-10-14-6-4-5-7-15(14)11-18(16)26-3/h4-7,10-11,13H,8-9,12H2,1-3H3,(H,22,23,25)/p+1. The van der Waals surface area contributed by atoms with E-state index in [2.05, 4.69) is 24.1 Å². The normalized spacial score (nSPS) is 16.4. The number of benzene rings is 2. The van der Waals surface area contributed by atoms with Crippen molar-refractivity contribution in [2.24, 2.45) is 0 Å². The van der Waals surface area contributed by atoms with E-state index in [1.807, 2.05) is 36.4 Å². The Kier molecular flexibility index (Phi) is 4.85. The van der Waals surface area contributed by atoms with Gasteiger partial charge in [0.2, 0.25) is 0 Å². The third kappa shape index (κ3) is 3.55. The van der Waals surface area contributed by atoms with Crippen LogP contribution in [0.1, 0.15) is 34.8 Å². The minimum atomic E-state index is -0.184. The predicted octanol–water partition coefficient (Wildman–Crippen LogP) is 2.91. The molecule has 2 N–H and O–H groups in total. The Balaban J connectivity index is 1.59. The number of quaternary nitrogens is 1. The third-order valence-electron chi connectivity index (χ3n) is 5.20. The predicted molar refractivity (Wildman–Crippen MR) is 109 cm³/mol. The lowest BCUT2D eigenvalue weighted by Crippen LogP contribution is -3.14. The van der Waals surface area contributed by atoms with Gasteiger partial charge in [-0.25, -0.2) is 4.98 Å². The van der Waals surface area contributed by atoms with Crippen molar-refractivity contribution >= 4 is 33.1 Å². The number of aromatic nitrogens is 1. The number of nitrogens with one attached hydrogen (secondary N) is 2. The molecule has 5 nitrogen and oxygen atoms in total. The molecule has 1 atom stereocenters. The number of anilines is 1. The summed E-state index contributed by atoms with van der Waals surface area (Å²) in [5, 5.41) is 5.71. The molecule has 140 valence electrons. The van der Waals surface area contributed by atoms with Crippen molar-refractivity contribution in [3.8, 4) is 5.75 Å². The van der Waals surface area contributed by atoms with Crippen LogP contribution >= 0.6 is 11.3 Å². The minimum Gasteiger partial charge on any atom is -0.496 e. The van der Waals surface area contributed by atoms with E-state index in [0.717, 1.165) is 36.0 Å². The van der Waals surface area contributed by atoms with Crippen LogP contribution in [0.5, 0.6) is 5.75 Å². The lowest BCUT2D eigenvalue weighted by Gasteiger charge is -2.26. The Morgan fingerprint density at radius 3 is 2.70 bits per heavy atom. The lowest BCUT2D eigenvalue weighted by molar-refractivity contribution is -0.936. The summed E-state index contributed by atoms with van der Waals surface area (Å²) in [6, 6.07) is 12.3. The number of rotatable bonds is 4. The van der Waals surface area contributed by atoms with Crippen molar-refractivity contribution in [1.29, 1.82) is 0 Å². The van der Waals surface area contributed by atoms with Crippen molar-refractivity contribution in [2.45, 2.75) is 32.9 Å². The monoisotopic (exact) mass is 382 g/mol. The first kappa shape index (κ1) is 17.9. The molecule has 0 radical (unpaired) electrons. The number of ether oxygens (including phenoxy) is 1. The van der Waals surface area contributed by atoms with Gasteiger partial charge in [-0.15, -0.1) is 0 Å². The SMILES string of the molecule is COc1cc2ccccc2cc1C(=O)Nc1nc2c(s1)C[NH+](C(C)C)CC2. The van der Waals surface area contributed by atoms with Gasteiger partial charge in [-0.05, 0) is 36.8 Å². The summed E-state index contributed by atoms with van der Waals surface area (Å²) < 4.78 is 5.45. The molecule has 0 aliphatic carbocycles. The first-order chi connectivity index (χ1) is 13.0. The molecular formula is C21H24N3O2S+. The van der Waals surface area contributed by atoms with E-state index in [1.54, 1.807) is 23.3 Å². The smallest absolute Gasteiger partial charge is 0.261 e. The third-order valence-corrected chi connectivity index (χ3v) is 6.21. The molecule has 0 saturated heterocycles. The van der Waals surface area contributed by atoms with Crippen molar-refractivity contribution in [1.82, 2.24) is 4.98 Å². The Hall–Kier alpha value is -2.44. The Morgan fingerprint density at radius 1 is 1.26 bits per heavy atom. The van der Waals surface area contributed by atoms with E-state index in [-0.39, 0.29) is 5.91 Å². The Bertz CT molecular complexity index is 996. The van der Waals surface area contributed by atoms with Gasteiger partial charge in [0.1, 0.15) is 12.3 Å². The molecule has 27 heavy (non-hydrogen) atoms. The van der Waals surface area contributed by atoms with Crippen LogP contribution in [0, 0.1) is 0 Å². The number of hydrogen-bond acceptors (Lipinski definition) is 4. The fourth-order valence-corrected chi connectivity index (χ4v) is 4.62. The van der Waals surface area contributed by atoms with Gasteiger partial charge in [-0.3, -0.25) is 10.1 Å². The van der Waals surface area contributed by atoms with E-state index < -0.39 is 0 Å². The molecule has 1 amide bonds. The molecule has 1 unspecified atom stereocenters. The summed E-state index contributed by atoms with van der Waals surface area (Å²) in [6.07, 6.45) is 0.967. The van der Waals surface area contributed by atoms with Gasteiger partial charge in [0, 0.05) is 6.42 Å². The summed E-state index contributed by atoms with van der Waals surface area (Å²) in [5.74, 6) is 0.389. The fourth-order valence-electron chi connectivity index (χ4n) is 3.57. The van der Waals surface area contributed by atoms with Gasteiger partial charge in [0.25, 0.3) is 5.91 Å². The van der Waals surface area contributed by atoms with Gasteiger partial charge >= 0.3 is 0 Å². The Morgan fingerprint density at radius 2 is 2.00 bits per heavy atom. The summed E-state index contributed by atoms with van der Waals surface area (Å²) >= 11 is 1.59. The number of methoxy groups -OCH3 is 1. The van der Waals surface area contributed by atoms with E-state index in [1.165, 1.54) is 4.88 Å². The van der Waals surface area contributed by atoms with Crippen LogP contribution in [0.25, 0.3) is 10.8 Å².